The van der Waals surface area contributed by atoms with Crippen LogP contribution in [0.5, 0.6) is 0 Å². The molecule has 1 aromatic carbocycles. The Bertz CT molecular complexity index is 499. The number of hydrogen-bond acceptors (Lipinski definition) is 2. The summed E-state index contributed by atoms with van der Waals surface area (Å²) in [6.45, 7) is 7.71. The van der Waals surface area contributed by atoms with E-state index in [4.69, 9.17) is 0 Å². The number of carboxylic acids is 1. The standard InChI is InChI=1S/C15H20BrNO2/c1-10-4-5-13(12(16)8-10)17-7-6-11(14(18)19)15(2,3)9-17/h4-5,8,11H,6-7,9H2,1-3H3,(H,18,19). The SMILES string of the molecule is Cc1ccc(N2CCC(C(=O)O)C(C)(C)C2)c(Br)c1. The minimum Gasteiger partial charge on any atom is -0.481 e. The van der Waals surface area contributed by atoms with Crippen LogP contribution >= 0.6 is 15.9 Å². The summed E-state index contributed by atoms with van der Waals surface area (Å²) in [5.74, 6) is -0.930. The minimum absolute atomic E-state index is 0.214. The molecule has 4 heteroatoms. The molecule has 0 bridgehead atoms. The van der Waals surface area contributed by atoms with E-state index in [0.717, 1.165) is 23.2 Å². The van der Waals surface area contributed by atoms with E-state index in [1.165, 1.54) is 5.56 Å². The quantitative estimate of drug-likeness (QED) is 0.901. The molecule has 19 heavy (non-hydrogen) atoms. The molecule has 0 spiro atoms. The third kappa shape index (κ3) is 2.94. The number of carboxylic acid groups (broad SMARTS) is 1. The highest BCUT2D eigenvalue weighted by molar-refractivity contribution is 9.10. The van der Waals surface area contributed by atoms with Gasteiger partial charge in [-0.15, -0.1) is 0 Å². The van der Waals surface area contributed by atoms with Crippen molar-refractivity contribution in [1.82, 2.24) is 0 Å². The second kappa shape index (κ2) is 5.16. The summed E-state index contributed by atoms with van der Waals surface area (Å²) >= 11 is 3.61. The van der Waals surface area contributed by atoms with E-state index in [1.54, 1.807) is 0 Å². The van der Waals surface area contributed by atoms with Crippen molar-refractivity contribution in [2.45, 2.75) is 27.2 Å². The Balaban J connectivity index is 2.23. The van der Waals surface area contributed by atoms with Crippen LogP contribution in [0.2, 0.25) is 0 Å². The van der Waals surface area contributed by atoms with Gasteiger partial charge in [-0.3, -0.25) is 4.79 Å². The highest BCUT2D eigenvalue weighted by atomic mass is 79.9. The number of aryl methyl sites for hydroxylation is 1. The fourth-order valence-electron chi connectivity index (χ4n) is 2.89. The molecule has 1 aromatic rings. The molecular weight excluding hydrogens is 306 g/mol. The van der Waals surface area contributed by atoms with Gasteiger partial charge in [0.05, 0.1) is 11.6 Å². The van der Waals surface area contributed by atoms with Crippen molar-refractivity contribution in [3.05, 3.63) is 28.2 Å². The normalized spacial score (nSPS) is 22.3. The molecule has 1 saturated heterocycles. The monoisotopic (exact) mass is 325 g/mol. The van der Waals surface area contributed by atoms with E-state index in [-0.39, 0.29) is 11.3 Å². The van der Waals surface area contributed by atoms with Gasteiger partial charge >= 0.3 is 5.97 Å². The zero-order chi connectivity index (χ0) is 14.2. The van der Waals surface area contributed by atoms with Crippen molar-refractivity contribution >= 4 is 27.6 Å². The van der Waals surface area contributed by atoms with Crippen LogP contribution in [-0.4, -0.2) is 24.2 Å². The van der Waals surface area contributed by atoms with Gasteiger partial charge in [0.1, 0.15) is 0 Å². The number of aliphatic carboxylic acids is 1. The van der Waals surface area contributed by atoms with Crippen LogP contribution in [0.15, 0.2) is 22.7 Å². The zero-order valence-corrected chi connectivity index (χ0v) is 13.2. The maximum atomic E-state index is 11.3. The summed E-state index contributed by atoms with van der Waals surface area (Å²) in [4.78, 5) is 13.6. The van der Waals surface area contributed by atoms with Gasteiger partial charge in [-0.2, -0.15) is 0 Å². The lowest BCUT2D eigenvalue weighted by Crippen LogP contribution is -2.48. The summed E-state index contributed by atoms with van der Waals surface area (Å²) in [7, 11) is 0. The second-order valence-electron chi connectivity index (χ2n) is 6.04. The lowest BCUT2D eigenvalue weighted by atomic mass is 9.74. The van der Waals surface area contributed by atoms with Gasteiger partial charge in [0.15, 0.2) is 0 Å². The first-order valence-corrected chi connectivity index (χ1v) is 7.34. The number of carbonyl (C=O) groups is 1. The number of halogens is 1. The van der Waals surface area contributed by atoms with Gasteiger partial charge in [0.25, 0.3) is 0 Å². The highest BCUT2D eigenvalue weighted by Crippen LogP contribution is 2.39. The summed E-state index contributed by atoms with van der Waals surface area (Å²) in [6, 6.07) is 6.30. The van der Waals surface area contributed by atoms with Crippen molar-refractivity contribution in [3.63, 3.8) is 0 Å². The van der Waals surface area contributed by atoms with Gasteiger partial charge in [0.2, 0.25) is 0 Å². The molecular formula is C15H20BrNO2. The Hall–Kier alpha value is -1.03. The summed E-state index contributed by atoms with van der Waals surface area (Å²) in [5, 5.41) is 9.29. The van der Waals surface area contributed by atoms with E-state index in [9.17, 15) is 9.90 Å². The Morgan fingerprint density at radius 2 is 2.16 bits per heavy atom. The number of benzene rings is 1. The van der Waals surface area contributed by atoms with Crippen LogP contribution in [0.4, 0.5) is 5.69 Å². The van der Waals surface area contributed by atoms with Gasteiger partial charge in [-0.05, 0) is 52.4 Å². The van der Waals surface area contributed by atoms with E-state index in [2.05, 4.69) is 46.0 Å². The third-order valence-electron chi connectivity index (χ3n) is 3.97. The number of nitrogens with zero attached hydrogens (tertiary/aromatic N) is 1. The van der Waals surface area contributed by atoms with E-state index in [1.807, 2.05) is 13.8 Å². The van der Waals surface area contributed by atoms with Crippen LogP contribution in [0.1, 0.15) is 25.8 Å². The molecule has 1 N–H and O–H groups in total. The highest BCUT2D eigenvalue weighted by Gasteiger charge is 2.40. The topological polar surface area (TPSA) is 40.5 Å². The summed E-state index contributed by atoms with van der Waals surface area (Å²) in [5.41, 5.74) is 2.16. The van der Waals surface area contributed by atoms with Crippen LogP contribution in [0, 0.1) is 18.3 Å². The van der Waals surface area contributed by atoms with Gasteiger partial charge in [-0.25, -0.2) is 0 Å². The first-order valence-electron chi connectivity index (χ1n) is 6.55. The summed E-state index contributed by atoms with van der Waals surface area (Å²) < 4.78 is 1.08. The molecule has 3 nitrogen and oxygen atoms in total. The van der Waals surface area contributed by atoms with Crippen molar-refractivity contribution in [1.29, 1.82) is 0 Å². The van der Waals surface area contributed by atoms with Crippen molar-refractivity contribution in [2.24, 2.45) is 11.3 Å². The van der Waals surface area contributed by atoms with E-state index in [0.29, 0.717) is 6.42 Å². The first kappa shape index (κ1) is 14.4. The number of piperidine rings is 1. The van der Waals surface area contributed by atoms with Gasteiger partial charge in [-0.1, -0.05) is 19.9 Å². The summed E-state index contributed by atoms with van der Waals surface area (Å²) in [6.07, 6.45) is 0.697. The Labute approximate surface area is 122 Å². The molecule has 1 unspecified atom stereocenters. The lowest BCUT2D eigenvalue weighted by Gasteiger charge is -2.43. The fraction of sp³-hybridized carbons (Fsp3) is 0.533. The van der Waals surface area contributed by atoms with Crippen molar-refractivity contribution < 1.29 is 9.90 Å². The minimum atomic E-state index is -0.673. The zero-order valence-electron chi connectivity index (χ0n) is 11.6. The van der Waals surface area contributed by atoms with Crippen LogP contribution in [-0.2, 0) is 4.79 Å². The molecule has 0 aliphatic carbocycles. The van der Waals surface area contributed by atoms with Crippen molar-refractivity contribution in [2.75, 3.05) is 18.0 Å². The smallest absolute Gasteiger partial charge is 0.307 e. The second-order valence-corrected chi connectivity index (χ2v) is 6.90. The Morgan fingerprint density at radius 1 is 1.47 bits per heavy atom. The fourth-order valence-corrected chi connectivity index (χ4v) is 3.63. The molecule has 0 saturated carbocycles. The molecule has 1 fully saturated rings. The average molecular weight is 326 g/mol. The molecule has 1 heterocycles. The van der Waals surface area contributed by atoms with Gasteiger partial charge < -0.3 is 10.0 Å². The molecule has 104 valence electrons. The molecule has 1 aliphatic heterocycles. The average Bonchev–Trinajstić information content (AvgIpc) is 2.26. The van der Waals surface area contributed by atoms with Gasteiger partial charge in [0, 0.05) is 17.6 Å². The van der Waals surface area contributed by atoms with Crippen molar-refractivity contribution in [3.8, 4) is 0 Å². The Morgan fingerprint density at radius 3 is 2.68 bits per heavy atom. The molecule has 0 aromatic heterocycles. The number of rotatable bonds is 2. The number of hydrogen-bond donors (Lipinski definition) is 1. The van der Waals surface area contributed by atoms with E-state index < -0.39 is 5.97 Å². The maximum absolute atomic E-state index is 11.3. The predicted molar refractivity (Wildman–Crippen MR) is 80.6 cm³/mol. The molecule has 0 radical (unpaired) electrons. The van der Waals surface area contributed by atoms with Crippen LogP contribution in [0.3, 0.4) is 0 Å². The lowest BCUT2D eigenvalue weighted by molar-refractivity contribution is -0.146. The molecule has 2 rings (SSSR count). The van der Waals surface area contributed by atoms with Crippen LogP contribution < -0.4 is 4.90 Å². The number of anilines is 1. The van der Waals surface area contributed by atoms with E-state index >= 15 is 0 Å². The largest absolute Gasteiger partial charge is 0.481 e. The predicted octanol–water partition coefficient (Wildman–Crippen LogP) is 3.69. The molecule has 1 aliphatic rings. The maximum Gasteiger partial charge on any atom is 0.307 e. The molecule has 1 atom stereocenters. The third-order valence-corrected chi connectivity index (χ3v) is 4.61. The first-order chi connectivity index (χ1) is 8.81. The molecule has 0 amide bonds. The van der Waals surface area contributed by atoms with Crippen LogP contribution in [0.25, 0.3) is 0 Å². The Kier molecular flexibility index (Phi) is 3.90.